The highest BCUT2D eigenvalue weighted by molar-refractivity contribution is 8.00. The molecular weight excluding hydrogens is 242 g/mol. The van der Waals surface area contributed by atoms with E-state index in [9.17, 15) is 5.11 Å². The van der Waals surface area contributed by atoms with Gasteiger partial charge < -0.3 is 5.11 Å². The van der Waals surface area contributed by atoms with Crippen LogP contribution in [0.15, 0.2) is 27.7 Å². The highest BCUT2D eigenvalue weighted by Gasteiger charge is 2.12. The van der Waals surface area contributed by atoms with E-state index in [4.69, 9.17) is 0 Å². The van der Waals surface area contributed by atoms with Gasteiger partial charge in [0, 0.05) is 11.8 Å². The molecule has 0 fully saturated rings. The van der Waals surface area contributed by atoms with Crippen LogP contribution in [-0.4, -0.2) is 19.4 Å². The summed E-state index contributed by atoms with van der Waals surface area (Å²) in [5.74, 6) is 0.766. The van der Waals surface area contributed by atoms with Crippen LogP contribution >= 0.6 is 23.3 Å². The molecule has 2 aromatic rings. The molecule has 4 nitrogen and oxygen atoms in total. The first kappa shape index (κ1) is 11.5. The summed E-state index contributed by atoms with van der Waals surface area (Å²) in [6.45, 7) is 3.58. The molecule has 0 radical (unpaired) electrons. The number of aromatic nitrogens is 3. The van der Waals surface area contributed by atoms with Crippen LogP contribution in [0.5, 0.6) is 0 Å². The molecule has 0 saturated heterocycles. The highest BCUT2D eigenvalue weighted by atomic mass is 32.2. The highest BCUT2D eigenvalue weighted by Crippen LogP contribution is 2.32. The third-order valence-electron chi connectivity index (χ3n) is 1.94. The average Bonchev–Trinajstić information content (AvgIpc) is 2.64. The lowest BCUT2D eigenvalue weighted by molar-refractivity contribution is 0.195. The number of aliphatic hydroxyl groups is 1. The normalized spacial score (nSPS) is 12.7. The van der Waals surface area contributed by atoms with E-state index in [1.807, 2.05) is 19.1 Å². The number of aryl methyl sites for hydroxylation is 1. The maximum atomic E-state index is 9.60. The quantitative estimate of drug-likeness (QED) is 0.910. The van der Waals surface area contributed by atoms with Gasteiger partial charge in [0.2, 0.25) is 0 Å². The number of hydrogen-bond donors (Lipinski definition) is 1. The molecule has 0 bridgehead atoms. The molecule has 1 unspecified atom stereocenters. The molecule has 6 heteroatoms. The van der Waals surface area contributed by atoms with Gasteiger partial charge in [-0.1, -0.05) is 6.07 Å². The zero-order valence-corrected chi connectivity index (χ0v) is 10.5. The van der Waals surface area contributed by atoms with E-state index in [0.29, 0.717) is 0 Å². The fourth-order valence-electron chi connectivity index (χ4n) is 1.21. The third-order valence-corrected chi connectivity index (χ3v) is 3.82. The summed E-state index contributed by atoms with van der Waals surface area (Å²) in [5.41, 5.74) is 0.820. The Morgan fingerprint density at radius 3 is 2.94 bits per heavy atom. The number of nitrogens with zero attached hydrogens (tertiary/aromatic N) is 3. The van der Waals surface area contributed by atoms with Gasteiger partial charge >= 0.3 is 0 Å². The summed E-state index contributed by atoms with van der Waals surface area (Å²) < 4.78 is 4.95. The van der Waals surface area contributed by atoms with Crippen LogP contribution in [0.1, 0.15) is 24.4 Å². The zero-order chi connectivity index (χ0) is 11.5. The predicted molar refractivity (Wildman–Crippen MR) is 63.6 cm³/mol. The van der Waals surface area contributed by atoms with Crippen molar-refractivity contribution in [1.82, 2.24) is 14.3 Å². The van der Waals surface area contributed by atoms with Crippen LogP contribution in [0.25, 0.3) is 0 Å². The molecule has 1 N–H and O–H groups in total. The van der Waals surface area contributed by atoms with E-state index >= 15 is 0 Å². The summed E-state index contributed by atoms with van der Waals surface area (Å²) >= 11 is 2.78. The van der Waals surface area contributed by atoms with Crippen LogP contribution < -0.4 is 0 Å². The fourth-order valence-corrected chi connectivity index (χ4v) is 2.94. The molecule has 0 aromatic carbocycles. The van der Waals surface area contributed by atoms with Gasteiger partial charge in [-0.25, -0.2) is 9.97 Å². The maximum absolute atomic E-state index is 9.60. The summed E-state index contributed by atoms with van der Waals surface area (Å²) in [6.07, 6.45) is 1.19. The summed E-state index contributed by atoms with van der Waals surface area (Å²) in [6, 6.07) is 3.69. The predicted octanol–water partition coefficient (Wildman–Crippen LogP) is 2.45. The Hall–Kier alpha value is -0.980. The summed E-state index contributed by atoms with van der Waals surface area (Å²) in [5, 5.41) is 10.4. The second-order valence-corrected chi connectivity index (χ2v) is 5.27. The second-order valence-electron chi connectivity index (χ2n) is 3.28. The van der Waals surface area contributed by atoms with E-state index in [1.54, 1.807) is 13.1 Å². The van der Waals surface area contributed by atoms with Gasteiger partial charge in [0.1, 0.15) is 10.9 Å². The minimum Gasteiger partial charge on any atom is -0.389 e. The minimum atomic E-state index is -0.523. The van der Waals surface area contributed by atoms with Gasteiger partial charge in [0.25, 0.3) is 0 Å². The fraction of sp³-hybridized carbons (Fsp3) is 0.300. The molecule has 2 heterocycles. The van der Waals surface area contributed by atoms with E-state index in [2.05, 4.69) is 14.3 Å². The molecule has 0 amide bonds. The van der Waals surface area contributed by atoms with E-state index in [0.717, 1.165) is 20.8 Å². The van der Waals surface area contributed by atoms with Gasteiger partial charge in [0.15, 0.2) is 4.34 Å². The Labute approximate surface area is 102 Å². The SMILES string of the molecule is Cc1nsc(Sc2ncccc2C(C)O)n1. The molecule has 1 atom stereocenters. The number of rotatable bonds is 3. The molecule has 2 aromatic heterocycles. The van der Waals surface area contributed by atoms with Crippen molar-refractivity contribution in [2.24, 2.45) is 0 Å². The number of hydrogen-bond acceptors (Lipinski definition) is 6. The van der Waals surface area contributed by atoms with Crippen LogP contribution in [0.2, 0.25) is 0 Å². The van der Waals surface area contributed by atoms with Gasteiger partial charge in [-0.2, -0.15) is 4.37 Å². The second kappa shape index (κ2) is 4.90. The lowest BCUT2D eigenvalue weighted by atomic mass is 10.2. The van der Waals surface area contributed by atoms with E-state index in [-0.39, 0.29) is 0 Å². The van der Waals surface area contributed by atoms with Crippen molar-refractivity contribution < 1.29 is 5.11 Å². The lowest BCUT2D eigenvalue weighted by Crippen LogP contribution is -1.95. The van der Waals surface area contributed by atoms with Crippen molar-refractivity contribution >= 4 is 23.3 Å². The van der Waals surface area contributed by atoms with Crippen molar-refractivity contribution in [1.29, 1.82) is 0 Å². The van der Waals surface area contributed by atoms with E-state index < -0.39 is 6.10 Å². The molecule has 0 aliphatic heterocycles. The van der Waals surface area contributed by atoms with Crippen molar-refractivity contribution in [3.63, 3.8) is 0 Å². The molecule has 16 heavy (non-hydrogen) atoms. The zero-order valence-electron chi connectivity index (χ0n) is 8.91. The van der Waals surface area contributed by atoms with Crippen molar-refractivity contribution in [3.05, 3.63) is 29.7 Å². The molecular formula is C10H11N3OS2. The van der Waals surface area contributed by atoms with Gasteiger partial charge in [-0.15, -0.1) is 0 Å². The van der Waals surface area contributed by atoms with Crippen molar-refractivity contribution in [2.45, 2.75) is 29.3 Å². The third kappa shape index (κ3) is 2.58. The van der Waals surface area contributed by atoms with Crippen molar-refractivity contribution in [2.75, 3.05) is 0 Å². The number of pyridine rings is 1. The van der Waals surface area contributed by atoms with E-state index in [1.165, 1.54) is 23.3 Å². The van der Waals surface area contributed by atoms with Gasteiger partial charge in [-0.3, -0.25) is 0 Å². The first-order valence-electron chi connectivity index (χ1n) is 4.78. The molecule has 2 rings (SSSR count). The van der Waals surface area contributed by atoms with Crippen molar-refractivity contribution in [3.8, 4) is 0 Å². The number of aliphatic hydroxyl groups excluding tert-OH is 1. The molecule has 0 aliphatic carbocycles. The topological polar surface area (TPSA) is 58.9 Å². The molecule has 0 aliphatic rings. The van der Waals surface area contributed by atoms with Gasteiger partial charge in [0.05, 0.1) is 6.10 Å². The molecule has 0 saturated carbocycles. The summed E-state index contributed by atoms with van der Waals surface area (Å²) in [7, 11) is 0. The molecule has 84 valence electrons. The van der Waals surface area contributed by atoms with Gasteiger partial charge in [-0.05, 0) is 43.2 Å². The van der Waals surface area contributed by atoms with Crippen LogP contribution in [-0.2, 0) is 0 Å². The summed E-state index contributed by atoms with van der Waals surface area (Å²) in [4.78, 5) is 8.50. The average molecular weight is 253 g/mol. The Balaban J connectivity index is 2.27. The first-order valence-corrected chi connectivity index (χ1v) is 6.37. The lowest BCUT2D eigenvalue weighted by Gasteiger charge is -2.08. The monoisotopic (exact) mass is 253 g/mol. The first-order chi connectivity index (χ1) is 7.66. The smallest absolute Gasteiger partial charge is 0.176 e. The van der Waals surface area contributed by atoms with Crippen LogP contribution in [0.4, 0.5) is 0 Å². The Morgan fingerprint density at radius 2 is 2.31 bits per heavy atom. The Morgan fingerprint density at radius 1 is 1.50 bits per heavy atom. The van der Waals surface area contributed by atoms with Crippen LogP contribution in [0.3, 0.4) is 0 Å². The Kier molecular flexibility index (Phi) is 3.52. The largest absolute Gasteiger partial charge is 0.389 e. The minimum absolute atomic E-state index is 0.523. The Bertz CT molecular complexity index is 484. The molecule has 0 spiro atoms. The standard InChI is InChI=1S/C10H11N3OS2/c1-6(14)8-4-3-5-11-9(8)15-10-12-7(2)13-16-10/h3-6,14H,1-2H3. The van der Waals surface area contributed by atoms with Crippen LogP contribution in [0, 0.1) is 6.92 Å². The maximum Gasteiger partial charge on any atom is 0.176 e.